The van der Waals surface area contributed by atoms with E-state index in [0.717, 1.165) is 0 Å². The van der Waals surface area contributed by atoms with E-state index in [0.29, 0.717) is 31.9 Å². The van der Waals surface area contributed by atoms with Crippen molar-refractivity contribution in [3.8, 4) is 6.07 Å². The number of rotatable bonds is 7. The number of ether oxygens (including phenoxy) is 1. The predicted octanol–water partition coefficient (Wildman–Crippen LogP) is -0.0871. The molecule has 0 aliphatic rings. The van der Waals surface area contributed by atoms with Crippen LogP contribution in [0.4, 0.5) is 5.82 Å². The molecule has 18 heavy (non-hydrogen) atoms. The molecule has 1 amide bonds. The van der Waals surface area contributed by atoms with Gasteiger partial charge in [-0.3, -0.25) is 4.79 Å². The summed E-state index contributed by atoms with van der Waals surface area (Å²) in [5.41, 5.74) is 0.262. The third-order valence-corrected chi connectivity index (χ3v) is 2.05. The van der Waals surface area contributed by atoms with Gasteiger partial charge in [-0.05, 0) is 0 Å². The third-order valence-electron chi connectivity index (χ3n) is 2.05. The molecule has 0 bridgehead atoms. The van der Waals surface area contributed by atoms with Crippen molar-refractivity contribution in [2.45, 2.75) is 6.42 Å². The largest absolute Gasteiger partial charge is 0.383 e. The van der Waals surface area contributed by atoms with E-state index in [2.05, 4.69) is 20.6 Å². The van der Waals surface area contributed by atoms with Crippen LogP contribution in [0.2, 0.25) is 0 Å². The van der Waals surface area contributed by atoms with Crippen LogP contribution in [0.15, 0.2) is 12.4 Å². The van der Waals surface area contributed by atoms with Crippen molar-refractivity contribution in [1.82, 2.24) is 15.3 Å². The molecule has 7 heteroatoms. The number of hydrogen-bond acceptors (Lipinski definition) is 6. The van der Waals surface area contributed by atoms with E-state index in [1.165, 1.54) is 12.4 Å². The van der Waals surface area contributed by atoms with E-state index in [-0.39, 0.29) is 11.6 Å². The van der Waals surface area contributed by atoms with Gasteiger partial charge in [-0.1, -0.05) is 0 Å². The molecule has 0 radical (unpaired) electrons. The number of amides is 1. The van der Waals surface area contributed by atoms with Gasteiger partial charge >= 0.3 is 0 Å². The second kappa shape index (κ2) is 7.97. The summed E-state index contributed by atoms with van der Waals surface area (Å²) in [4.78, 5) is 19.1. The van der Waals surface area contributed by atoms with E-state index < -0.39 is 0 Å². The van der Waals surface area contributed by atoms with Gasteiger partial charge in [-0.25, -0.2) is 9.97 Å². The highest BCUT2D eigenvalue weighted by Gasteiger charge is 2.01. The highest BCUT2D eigenvalue weighted by Crippen LogP contribution is 1.99. The Morgan fingerprint density at radius 1 is 1.44 bits per heavy atom. The van der Waals surface area contributed by atoms with E-state index in [1.54, 1.807) is 7.11 Å². The summed E-state index contributed by atoms with van der Waals surface area (Å²) in [5, 5.41) is 14.2. The van der Waals surface area contributed by atoms with Crippen molar-refractivity contribution in [2.75, 3.05) is 32.1 Å². The van der Waals surface area contributed by atoms with Gasteiger partial charge in [-0.2, -0.15) is 5.26 Å². The van der Waals surface area contributed by atoms with Crippen molar-refractivity contribution in [2.24, 2.45) is 0 Å². The first-order valence-corrected chi connectivity index (χ1v) is 5.48. The van der Waals surface area contributed by atoms with Crippen LogP contribution in [0.25, 0.3) is 0 Å². The Kier molecular flexibility index (Phi) is 6.14. The van der Waals surface area contributed by atoms with Crippen LogP contribution in [0.1, 0.15) is 12.1 Å². The molecule has 1 aromatic heterocycles. The van der Waals surface area contributed by atoms with Gasteiger partial charge in [-0.15, -0.1) is 0 Å². The first kappa shape index (κ1) is 13.9. The van der Waals surface area contributed by atoms with Gasteiger partial charge in [0, 0.05) is 26.6 Å². The molecule has 1 aromatic rings. The number of carbonyl (C=O) groups excluding carboxylic acids is 1. The molecular weight excluding hydrogens is 234 g/mol. The minimum absolute atomic E-state index is 0.0545. The third kappa shape index (κ3) is 5.23. The Bertz CT molecular complexity index is 412. The summed E-state index contributed by atoms with van der Waals surface area (Å²) in [6.07, 6.45) is 3.17. The molecule has 0 aliphatic carbocycles. The lowest BCUT2D eigenvalue weighted by atomic mass is 10.4. The van der Waals surface area contributed by atoms with Gasteiger partial charge in [0.15, 0.2) is 5.69 Å². The average Bonchev–Trinajstić information content (AvgIpc) is 2.40. The quantitative estimate of drug-likeness (QED) is 0.655. The maximum absolute atomic E-state index is 11.3. The van der Waals surface area contributed by atoms with Crippen LogP contribution in [0.3, 0.4) is 0 Å². The molecule has 1 rings (SSSR count). The highest BCUT2D eigenvalue weighted by molar-refractivity contribution is 5.76. The van der Waals surface area contributed by atoms with Crippen LogP contribution < -0.4 is 10.6 Å². The Balaban J connectivity index is 2.20. The minimum Gasteiger partial charge on any atom is -0.383 e. The fraction of sp³-hybridized carbons (Fsp3) is 0.455. The number of nitriles is 1. The zero-order valence-corrected chi connectivity index (χ0v) is 10.1. The number of anilines is 1. The second-order valence-corrected chi connectivity index (χ2v) is 3.42. The number of nitrogens with one attached hydrogen (secondary N) is 2. The Morgan fingerprint density at radius 3 is 2.89 bits per heavy atom. The first-order valence-electron chi connectivity index (χ1n) is 5.48. The van der Waals surface area contributed by atoms with Crippen LogP contribution in [0, 0.1) is 11.3 Å². The smallest absolute Gasteiger partial charge is 0.221 e. The van der Waals surface area contributed by atoms with E-state index >= 15 is 0 Å². The summed E-state index contributed by atoms with van der Waals surface area (Å²) >= 11 is 0. The molecule has 0 aromatic carbocycles. The van der Waals surface area contributed by atoms with Crippen LogP contribution in [0.5, 0.6) is 0 Å². The maximum atomic E-state index is 11.3. The van der Waals surface area contributed by atoms with Gasteiger partial charge < -0.3 is 15.4 Å². The van der Waals surface area contributed by atoms with E-state index in [1.807, 2.05) is 6.07 Å². The fourth-order valence-electron chi connectivity index (χ4n) is 1.16. The first-order chi connectivity index (χ1) is 8.76. The molecule has 96 valence electrons. The Hall–Kier alpha value is -2.20. The maximum Gasteiger partial charge on any atom is 0.221 e. The Morgan fingerprint density at radius 2 is 2.28 bits per heavy atom. The number of nitrogens with zero attached hydrogens (tertiary/aromatic N) is 3. The topological polar surface area (TPSA) is 99.9 Å². The minimum atomic E-state index is -0.0545. The van der Waals surface area contributed by atoms with Crippen molar-refractivity contribution in [3.05, 3.63) is 18.1 Å². The van der Waals surface area contributed by atoms with Crippen molar-refractivity contribution in [1.29, 1.82) is 5.26 Å². The number of aromatic nitrogens is 2. The van der Waals surface area contributed by atoms with E-state index in [9.17, 15) is 4.79 Å². The highest BCUT2D eigenvalue weighted by atomic mass is 16.5. The van der Waals surface area contributed by atoms with Gasteiger partial charge in [0.2, 0.25) is 5.91 Å². The lowest BCUT2D eigenvalue weighted by Gasteiger charge is -2.06. The average molecular weight is 249 g/mol. The lowest BCUT2D eigenvalue weighted by Crippen LogP contribution is -2.28. The number of carbonyl (C=O) groups is 1. The monoisotopic (exact) mass is 249 g/mol. The zero-order valence-electron chi connectivity index (χ0n) is 10.1. The summed E-state index contributed by atoms with van der Waals surface area (Å²) in [7, 11) is 1.58. The molecule has 0 saturated heterocycles. The van der Waals surface area contributed by atoms with Gasteiger partial charge in [0.1, 0.15) is 11.9 Å². The molecule has 1 heterocycles. The lowest BCUT2D eigenvalue weighted by molar-refractivity contribution is -0.121. The van der Waals surface area contributed by atoms with Crippen molar-refractivity contribution < 1.29 is 9.53 Å². The normalized spacial score (nSPS) is 9.56. The molecule has 0 saturated carbocycles. The second-order valence-electron chi connectivity index (χ2n) is 3.42. The molecule has 2 N–H and O–H groups in total. The molecule has 0 spiro atoms. The summed E-state index contributed by atoms with van der Waals surface area (Å²) < 4.78 is 4.81. The van der Waals surface area contributed by atoms with Crippen molar-refractivity contribution in [3.63, 3.8) is 0 Å². The SMILES string of the molecule is COCCNC(=O)CCNc1cnc(C#N)cn1. The summed E-state index contributed by atoms with van der Waals surface area (Å²) in [5.74, 6) is 0.486. The van der Waals surface area contributed by atoms with Gasteiger partial charge in [0.05, 0.1) is 19.0 Å². The molecular formula is C11H15N5O2. The molecule has 7 nitrogen and oxygen atoms in total. The molecule has 0 fully saturated rings. The summed E-state index contributed by atoms with van der Waals surface area (Å²) in [6, 6.07) is 1.88. The summed E-state index contributed by atoms with van der Waals surface area (Å²) in [6.45, 7) is 1.46. The van der Waals surface area contributed by atoms with Crippen molar-refractivity contribution >= 4 is 11.7 Å². The standard InChI is InChI=1S/C11H15N5O2/c1-18-5-4-14-11(17)2-3-13-10-8-15-9(6-12)7-16-10/h7-8H,2-5H2,1H3,(H,13,16)(H,14,17). The van der Waals surface area contributed by atoms with Crippen LogP contribution in [-0.4, -0.2) is 42.7 Å². The predicted molar refractivity (Wildman–Crippen MR) is 64.7 cm³/mol. The number of methoxy groups -OCH3 is 1. The van der Waals surface area contributed by atoms with Crippen LogP contribution >= 0.6 is 0 Å². The molecule has 0 aliphatic heterocycles. The zero-order chi connectivity index (χ0) is 13.2. The van der Waals surface area contributed by atoms with Gasteiger partial charge in [0.25, 0.3) is 0 Å². The fourth-order valence-corrected chi connectivity index (χ4v) is 1.16. The number of hydrogen-bond donors (Lipinski definition) is 2. The Labute approximate surface area is 105 Å². The van der Waals surface area contributed by atoms with Crippen LogP contribution in [-0.2, 0) is 9.53 Å². The van der Waals surface area contributed by atoms with E-state index in [4.69, 9.17) is 10.00 Å². The molecule has 0 atom stereocenters. The molecule has 0 unspecified atom stereocenters.